The zero-order chi connectivity index (χ0) is 17.1. The highest BCUT2D eigenvalue weighted by molar-refractivity contribution is 5.97. The van der Waals surface area contributed by atoms with Gasteiger partial charge in [-0.05, 0) is 24.3 Å². The van der Waals surface area contributed by atoms with Crippen LogP contribution in [0.25, 0.3) is 27.6 Å². The minimum absolute atomic E-state index is 0.0597. The zero-order valence-electron chi connectivity index (χ0n) is 12.8. The van der Waals surface area contributed by atoms with Crippen molar-refractivity contribution >= 4 is 11.6 Å². The van der Waals surface area contributed by atoms with E-state index in [4.69, 9.17) is 21.5 Å². The molecule has 0 bridgehead atoms. The van der Waals surface area contributed by atoms with Crippen molar-refractivity contribution in [1.29, 1.82) is 0 Å². The Hall–Kier alpha value is -3.59. The number of benzene rings is 2. The van der Waals surface area contributed by atoms with Gasteiger partial charge in [0.2, 0.25) is 5.89 Å². The van der Waals surface area contributed by atoms with Gasteiger partial charge in [0.05, 0.1) is 13.7 Å². The number of rotatable bonds is 4. The largest absolute Gasteiger partial charge is 0.497 e. The molecule has 2 N–H and O–H groups in total. The maximum atomic E-state index is 11.7. The molecule has 0 spiro atoms. The van der Waals surface area contributed by atoms with Crippen molar-refractivity contribution in [3.8, 4) is 28.5 Å². The molecule has 0 aliphatic rings. The lowest BCUT2D eigenvalue weighted by Gasteiger charge is -2.01. The van der Waals surface area contributed by atoms with E-state index < -0.39 is 5.91 Å². The fraction of sp³-hybridized carbons (Fsp3) is 0.0556. The maximum Gasteiger partial charge on any atom is 0.271 e. The highest BCUT2D eigenvalue weighted by Crippen LogP contribution is 2.31. The van der Waals surface area contributed by atoms with Gasteiger partial charge in [-0.3, -0.25) is 4.79 Å². The Balaban J connectivity index is 2.07. The summed E-state index contributed by atoms with van der Waals surface area (Å²) in [6.07, 6.45) is 0. The van der Waals surface area contributed by atoms with Crippen molar-refractivity contribution < 1.29 is 13.9 Å². The first-order valence-corrected chi connectivity index (χ1v) is 7.05. The molecule has 0 fully saturated rings. The van der Waals surface area contributed by atoms with Crippen molar-refractivity contribution in [2.24, 2.45) is 5.73 Å². The lowest BCUT2D eigenvalue weighted by atomic mass is 10.1. The van der Waals surface area contributed by atoms with E-state index in [1.54, 1.807) is 55.6 Å². The van der Waals surface area contributed by atoms with E-state index in [1.807, 2.05) is 0 Å². The van der Waals surface area contributed by atoms with E-state index in [0.29, 0.717) is 28.3 Å². The average Bonchev–Trinajstić information content (AvgIpc) is 3.07. The van der Waals surface area contributed by atoms with Crippen molar-refractivity contribution in [2.45, 2.75) is 0 Å². The molecule has 0 aliphatic carbocycles. The number of carbonyl (C=O) groups excluding carboxylic acids is 1. The third-order valence-corrected chi connectivity index (χ3v) is 3.46. The number of amides is 1. The van der Waals surface area contributed by atoms with Crippen LogP contribution in [0.5, 0.6) is 5.75 Å². The van der Waals surface area contributed by atoms with Crippen LogP contribution < -0.4 is 10.5 Å². The average molecular weight is 319 g/mol. The van der Waals surface area contributed by atoms with Gasteiger partial charge >= 0.3 is 0 Å². The van der Waals surface area contributed by atoms with Gasteiger partial charge in [-0.25, -0.2) is 9.83 Å². The van der Waals surface area contributed by atoms with Crippen molar-refractivity contribution in [1.82, 2.24) is 4.98 Å². The molecule has 2 aromatic carbocycles. The van der Waals surface area contributed by atoms with Crippen LogP contribution in [0, 0.1) is 6.57 Å². The second-order valence-electron chi connectivity index (χ2n) is 4.95. The van der Waals surface area contributed by atoms with Crippen LogP contribution in [0.15, 0.2) is 52.9 Å². The normalized spacial score (nSPS) is 10.2. The van der Waals surface area contributed by atoms with E-state index in [9.17, 15) is 4.79 Å². The summed E-state index contributed by atoms with van der Waals surface area (Å²) in [5.41, 5.74) is 7.31. The Morgan fingerprint density at radius 1 is 1.12 bits per heavy atom. The van der Waals surface area contributed by atoms with Crippen LogP contribution in [0.4, 0.5) is 5.69 Å². The minimum atomic E-state index is -0.673. The topological polar surface area (TPSA) is 82.7 Å². The third kappa shape index (κ3) is 2.83. The monoisotopic (exact) mass is 319 g/mol. The number of ether oxygens (including phenoxy) is 1. The van der Waals surface area contributed by atoms with Crippen LogP contribution >= 0.6 is 0 Å². The third-order valence-electron chi connectivity index (χ3n) is 3.46. The minimum Gasteiger partial charge on any atom is -0.497 e. The summed E-state index contributed by atoms with van der Waals surface area (Å²) in [5.74, 6) is 0.586. The molecule has 0 saturated carbocycles. The smallest absolute Gasteiger partial charge is 0.271 e. The van der Waals surface area contributed by atoms with Crippen LogP contribution in [-0.2, 0) is 0 Å². The van der Waals surface area contributed by atoms with Crippen molar-refractivity contribution in [3.05, 3.63) is 65.6 Å². The van der Waals surface area contributed by atoms with E-state index >= 15 is 0 Å². The summed E-state index contributed by atoms with van der Waals surface area (Å²) in [5, 5.41) is 0. The van der Waals surface area contributed by atoms with Gasteiger partial charge in [0.15, 0.2) is 17.1 Å². The number of aromatic nitrogens is 1. The van der Waals surface area contributed by atoms with Gasteiger partial charge < -0.3 is 14.9 Å². The Morgan fingerprint density at radius 2 is 1.75 bits per heavy atom. The Labute approximate surface area is 138 Å². The van der Waals surface area contributed by atoms with E-state index in [-0.39, 0.29) is 11.6 Å². The molecular weight excluding hydrogens is 306 g/mol. The number of carbonyl (C=O) groups is 1. The van der Waals surface area contributed by atoms with Crippen molar-refractivity contribution in [2.75, 3.05) is 7.11 Å². The Kier molecular flexibility index (Phi) is 4.00. The fourth-order valence-corrected chi connectivity index (χ4v) is 2.23. The molecule has 3 aromatic rings. The predicted octanol–water partition coefficient (Wildman–Crippen LogP) is 3.67. The molecule has 0 aliphatic heterocycles. The molecule has 0 unspecified atom stereocenters. The molecule has 0 atom stereocenters. The molecule has 0 saturated heterocycles. The van der Waals surface area contributed by atoms with Gasteiger partial charge in [0, 0.05) is 11.1 Å². The number of hydrogen-bond acceptors (Lipinski definition) is 4. The summed E-state index contributed by atoms with van der Waals surface area (Å²) in [4.78, 5) is 19.2. The Bertz CT molecular complexity index is 920. The molecule has 1 aromatic heterocycles. The molecule has 0 radical (unpaired) electrons. The van der Waals surface area contributed by atoms with Crippen LogP contribution in [0.2, 0.25) is 0 Å². The second-order valence-corrected chi connectivity index (χ2v) is 4.95. The number of primary amides is 1. The van der Waals surface area contributed by atoms with Crippen LogP contribution in [0.3, 0.4) is 0 Å². The van der Waals surface area contributed by atoms with E-state index in [1.165, 1.54) is 0 Å². The van der Waals surface area contributed by atoms with Crippen LogP contribution in [0.1, 0.15) is 10.5 Å². The molecule has 1 amide bonds. The fourth-order valence-electron chi connectivity index (χ4n) is 2.23. The number of hydrogen-bond donors (Lipinski definition) is 1. The molecule has 118 valence electrons. The van der Waals surface area contributed by atoms with E-state index in [2.05, 4.69) is 9.83 Å². The molecular formula is C18H13N3O3. The highest BCUT2D eigenvalue weighted by atomic mass is 16.5. The van der Waals surface area contributed by atoms with Gasteiger partial charge in [-0.2, -0.15) is 0 Å². The summed E-state index contributed by atoms with van der Waals surface area (Å²) in [6, 6.07) is 13.8. The van der Waals surface area contributed by atoms with Gasteiger partial charge in [-0.1, -0.05) is 24.3 Å². The molecule has 24 heavy (non-hydrogen) atoms. The van der Waals surface area contributed by atoms with Gasteiger partial charge in [0.1, 0.15) is 5.75 Å². The zero-order valence-corrected chi connectivity index (χ0v) is 12.8. The lowest BCUT2D eigenvalue weighted by molar-refractivity contribution is 0.0996. The quantitative estimate of drug-likeness (QED) is 0.744. The number of nitrogens with two attached hydrogens (primary N) is 1. The molecule has 6 nitrogen and oxygen atoms in total. The summed E-state index contributed by atoms with van der Waals surface area (Å²) < 4.78 is 10.9. The summed E-state index contributed by atoms with van der Waals surface area (Å²) >= 11 is 0. The Morgan fingerprint density at radius 3 is 2.29 bits per heavy atom. The first-order valence-electron chi connectivity index (χ1n) is 7.05. The molecule has 3 rings (SSSR count). The molecule has 1 heterocycles. The van der Waals surface area contributed by atoms with Crippen molar-refractivity contribution in [3.63, 3.8) is 0 Å². The number of nitrogens with zero attached hydrogens (tertiary/aromatic N) is 2. The number of methoxy groups -OCH3 is 1. The van der Waals surface area contributed by atoms with Crippen LogP contribution in [-0.4, -0.2) is 18.0 Å². The van der Waals surface area contributed by atoms with E-state index in [0.717, 1.165) is 0 Å². The van der Waals surface area contributed by atoms with Gasteiger partial charge in [-0.15, -0.1) is 0 Å². The number of oxazole rings is 1. The summed E-state index contributed by atoms with van der Waals surface area (Å²) in [7, 11) is 1.57. The predicted molar refractivity (Wildman–Crippen MR) is 88.7 cm³/mol. The molecule has 6 heteroatoms. The summed E-state index contributed by atoms with van der Waals surface area (Å²) in [6.45, 7) is 6.97. The first kappa shape index (κ1) is 15.3. The highest BCUT2D eigenvalue weighted by Gasteiger charge is 2.20. The standard InChI is InChI=1S/C18H13N3O3/c1-20-13-7-3-12(4-8-13)18-21-15(17(19)22)16(24-18)11-5-9-14(23-2)10-6-11/h3-10H,2H3,(H2,19,22). The first-order chi connectivity index (χ1) is 11.6. The SMILES string of the molecule is [C-]#[N+]c1ccc(-c2nc(C(N)=O)c(-c3ccc(OC)cc3)o2)cc1. The maximum absolute atomic E-state index is 11.7. The lowest BCUT2D eigenvalue weighted by Crippen LogP contribution is -2.12. The second kappa shape index (κ2) is 6.26. The van der Waals surface area contributed by atoms with Gasteiger partial charge in [0.25, 0.3) is 5.91 Å².